The van der Waals surface area contributed by atoms with E-state index in [-0.39, 0.29) is 31.1 Å². The fourth-order valence-electron chi connectivity index (χ4n) is 6.85. The Balaban J connectivity index is 0.000000164. The summed E-state index contributed by atoms with van der Waals surface area (Å²) in [7, 11) is 0. The van der Waals surface area contributed by atoms with Crippen LogP contribution in [-0.4, -0.2) is 14.5 Å². The molecule has 5 heteroatoms. The Morgan fingerprint density at radius 3 is 2.42 bits per heavy atom. The molecule has 0 unspecified atom stereocenters. The summed E-state index contributed by atoms with van der Waals surface area (Å²) in [5, 5.41) is 2.25. The molecule has 3 aromatic heterocycles. The number of benzene rings is 4. The van der Waals surface area contributed by atoms with Crippen molar-refractivity contribution >= 4 is 38.5 Å². The smallest absolute Gasteiger partial charge is 0.120 e. The number of imidazole rings is 1. The second-order valence-electron chi connectivity index (χ2n) is 14.6. The quantitative estimate of drug-likeness (QED) is 0.166. The summed E-state index contributed by atoms with van der Waals surface area (Å²) >= 11 is 0. The number of hydrogen-bond donors (Lipinski definition) is 0. The molecule has 0 amide bonds. The maximum Gasteiger partial charge on any atom is 0.120 e. The third-order valence-corrected chi connectivity index (χ3v) is 8.80. The first-order valence-corrected chi connectivity index (χ1v) is 16.5. The Morgan fingerprint density at radius 1 is 0.875 bits per heavy atom. The van der Waals surface area contributed by atoms with Gasteiger partial charge in [-0.15, -0.1) is 54.1 Å². The molecule has 0 spiro atoms. The van der Waals surface area contributed by atoms with Crippen LogP contribution >= 0.6 is 0 Å². The number of nitrogens with zero attached hydrogens (tertiary/aromatic N) is 3. The maximum atomic E-state index is 6.11. The summed E-state index contributed by atoms with van der Waals surface area (Å²) < 4.78 is 8.48. The van der Waals surface area contributed by atoms with E-state index in [1.54, 1.807) is 0 Å². The van der Waals surface area contributed by atoms with Crippen molar-refractivity contribution in [2.45, 2.75) is 60.4 Å². The van der Waals surface area contributed by atoms with Crippen molar-refractivity contribution < 1.29 is 24.5 Å². The van der Waals surface area contributed by atoms with E-state index in [2.05, 4.69) is 125 Å². The van der Waals surface area contributed by atoms with E-state index in [1.165, 1.54) is 22.2 Å². The largest absolute Gasteiger partial charge is 0.501 e. The molecule has 0 saturated heterocycles. The number of aromatic nitrogens is 3. The van der Waals surface area contributed by atoms with E-state index in [9.17, 15) is 0 Å². The summed E-state index contributed by atoms with van der Waals surface area (Å²) in [5.74, 6) is 1.49. The number of rotatable bonds is 4. The van der Waals surface area contributed by atoms with Crippen molar-refractivity contribution in [1.82, 2.24) is 14.5 Å². The second kappa shape index (κ2) is 13.0. The van der Waals surface area contributed by atoms with E-state index in [4.69, 9.17) is 9.40 Å². The van der Waals surface area contributed by atoms with Gasteiger partial charge < -0.3 is 14.0 Å². The van der Waals surface area contributed by atoms with Gasteiger partial charge in [-0.1, -0.05) is 93.6 Å². The Morgan fingerprint density at radius 2 is 1.67 bits per heavy atom. The molecule has 48 heavy (non-hydrogen) atoms. The Hall–Kier alpha value is -4.31. The Labute approximate surface area is 297 Å². The van der Waals surface area contributed by atoms with Crippen LogP contribution < -0.4 is 0 Å². The number of para-hydroxylation sites is 2. The van der Waals surface area contributed by atoms with Crippen LogP contribution in [0.4, 0.5) is 0 Å². The van der Waals surface area contributed by atoms with Crippen LogP contribution in [-0.2, 0) is 32.1 Å². The molecule has 0 atom stereocenters. The molecule has 4 nitrogen and oxygen atoms in total. The van der Waals surface area contributed by atoms with Gasteiger partial charge in [-0.2, -0.15) is 0 Å². The fourth-order valence-corrected chi connectivity index (χ4v) is 6.85. The van der Waals surface area contributed by atoms with Crippen molar-refractivity contribution in [3.05, 3.63) is 127 Å². The van der Waals surface area contributed by atoms with E-state index in [1.807, 2.05) is 48.7 Å². The van der Waals surface area contributed by atoms with Crippen LogP contribution in [0.3, 0.4) is 0 Å². The fraction of sp³-hybridized carbons (Fsp3) is 0.256. The summed E-state index contributed by atoms with van der Waals surface area (Å²) in [6.45, 7) is 15.8. The van der Waals surface area contributed by atoms with Gasteiger partial charge in [0.2, 0.25) is 0 Å². The topological polar surface area (TPSA) is 43.9 Å². The van der Waals surface area contributed by atoms with E-state index in [0.717, 1.165) is 56.5 Å². The van der Waals surface area contributed by atoms with Gasteiger partial charge in [0.25, 0.3) is 0 Å². The minimum atomic E-state index is -0.109. The molecule has 8 rings (SSSR count). The SMILES string of the molecule is CC(C)(C)Cc1ccnc(-c2[c-]ccc3c2oc2ccccc23)c1.CC(C)C1=CC(C)(C)n2c(-c3[c-]cccc3)nc3cccc1c32.[Ir]. The van der Waals surface area contributed by atoms with E-state index < -0.39 is 0 Å². The van der Waals surface area contributed by atoms with Crippen LogP contribution in [0.15, 0.2) is 108 Å². The summed E-state index contributed by atoms with van der Waals surface area (Å²) in [6.07, 6.45) is 5.29. The molecule has 1 aliphatic rings. The number of hydrogen-bond acceptors (Lipinski definition) is 3. The zero-order valence-corrected chi connectivity index (χ0v) is 31.1. The minimum Gasteiger partial charge on any atom is -0.501 e. The summed E-state index contributed by atoms with van der Waals surface area (Å²) in [5.41, 5.74) is 11.1. The average Bonchev–Trinajstić information content (AvgIpc) is 3.63. The van der Waals surface area contributed by atoms with Crippen molar-refractivity contribution in [2.75, 3.05) is 0 Å². The zero-order valence-electron chi connectivity index (χ0n) is 28.7. The predicted octanol–water partition coefficient (Wildman–Crippen LogP) is 11.3. The molecule has 4 aromatic carbocycles. The standard InChI is InChI=1S/C22H20NO.C21H21N2.Ir/c1-22(2,3)14-15-11-12-23-19(13-15)18-9-6-8-17-16-7-4-5-10-20(16)24-21(17)18;1-14(2)17-13-21(3,4)23-19-16(17)11-8-12-18(19)22-20(23)15-9-6-5-7-10-15;/h4-8,10-13H,14H2,1-3H3;5-9,11-14H,1-4H3;/q2*-1;. The molecule has 4 heterocycles. The molecular weight excluding hydrogens is 767 g/mol. The van der Waals surface area contributed by atoms with Gasteiger partial charge in [0.05, 0.1) is 28.0 Å². The molecule has 0 saturated carbocycles. The molecule has 0 bridgehead atoms. The predicted molar refractivity (Wildman–Crippen MR) is 195 cm³/mol. The third-order valence-electron chi connectivity index (χ3n) is 8.80. The van der Waals surface area contributed by atoms with Crippen molar-refractivity contribution in [1.29, 1.82) is 0 Å². The second-order valence-corrected chi connectivity index (χ2v) is 14.6. The molecule has 245 valence electrons. The number of furan rings is 1. The molecule has 7 aromatic rings. The van der Waals surface area contributed by atoms with Crippen LogP contribution in [0.25, 0.3) is 61.2 Å². The molecule has 1 aliphatic heterocycles. The number of fused-ring (bicyclic) bond motifs is 3. The Kier molecular flexibility index (Phi) is 9.06. The number of pyridine rings is 1. The molecule has 0 aliphatic carbocycles. The first-order valence-electron chi connectivity index (χ1n) is 16.5. The third kappa shape index (κ3) is 6.30. The summed E-state index contributed by atoms with van der Waals surface area (Å²) in [6, 6.07) is 37.6. The van der Waals surface area contributed by atoms with Crippen LogP contribution in [0.5, 0.6) is 0 Å². The van der Waals surface area contributed by atoms with Gasteiger partial charge >= 0.3 is 0 Å². The summed E-state index contributed by atoms with van der Waals surface area (Å²) in [4.78, 5) is 9.51. The van der Waals surface area contributed by atoms with Crippen molar-refractivity contribution in [2.24, 2.45) is 11.3 Å². The number of allylic oxidation sites excluding steroid dienone is 2. The molecule has 1 radical (unpaired) electrons. The average molecular weight is 808 g/mol. The zero-order chi connectivity index (χ0) is 32.9. The maximum absolute atomic E-state index is 6.11. The van der Waals surface area contributed by atoms with Crippen molar-refractivity contribution in [3.63, 3.8) is 0 Å². The monoisotopic (exact) mass is 808 g/mol. The normalized spacial score (nSPS) is 13.7. The van der Waals surface area contributed by atoms with Crippen LogP contribution in [0.2, 0.25) is 0 Å². The molecule has 0 fully saturated rings. The van der Waals surface area contributed by atoms with E-state index in [0.29, 0.717) is 5.92 Å². The van der Waals surface area contributed by atoms with Crippen LogP contribution in [0, 0.1) is 23.5 Å². The van der Waals surface area contributed by atoms with E-state index >= 15 is 0 Å². The van der Waals surface area contributed by atoms with Gasteiger partial charge in [-0.3, -0.25) is 4.98 Å². The minimum absolute atomic E-state index is 0. The first-order chi connectivity index (χ1) is 22.5. The van der Waals surface area contributed by atoms with Gasteiger partial charge in [0, 0.05) is 37.3 Å². The van der Waals surface area contributed by atoms with Gasteiger partial charge in [-0.05, 0) is 61.1 Å². The Bertz CT molecular complexity index is 2270. The van der Waals surface area contributed by atoms with Crippen LogP contribution in [0.1, 0.15) is 59.6 Å². The van der Waals surface area contributed by atoms with Gasteiger partial charge in [-0.25, -0.2) is 0 Å². The van der Waals surface area contributed by atoms with Gasteiger partial charge in [0.1, 0.15) is 5.58 Å². The first kappa shape index (κ1) is 33.6. The van der Waals surface area contributed by atoms with Crippen molar-refractivity contribution in [3.8, 4) is 22.6 Å². The molecular formula is C43H41IrN3O-2. The van der Waals surface area contributed by atoms with Gasteiger partial charge in [0.15, 0.2) is 0 Å². The molecule has 0 N–H and O–H groups in total.